The SMILES string of the molecule is COc1ccc(Cl)cc1C(C=O)C(=O)O. The van der Waals surface area contributed by atoms with E-state index in [1.807, 2.05) is 0 Å². The van der Waals surface area contributed by atoms with Crippen molar-refractivity contribution in [1.29, 1.82) is 0 Å². The monoisotopic (exact) mass is 228 g/mol. The van der Waals surface area contributed by atoms with E-state index in [9.17, 15) is 9.59 Å². The third-order valence-corrected chi connectivity index (χ3v) is 2.16. The molecule has 0 aliphatic rings. The average Bonchev–Trinajstić information content (AvgIpc) is 2.18. The summed E-state index contributed by atoms with van der Waals surface area (Å²) in [7, 11) is 1.40. The second kappa shape index (κ2) is 4.79. The first-order chi connectivity index (χ1) is 7.10. The standard InChI is InChI=1S/C10H9ClO4/c1-15-9-3-2-6(11)4-7(9)8(5-12)10(13)14/h2-5,8H,1H3,(H,13,14). The molecule has 5 heteroatoms. The van der Waals surface area contributed by atoms with Crippen LogP contribution in [0.1, 0.15) is 11.5 Å². The molecule has 0 aliphatic carbocycles. The van der Waals surface area contributed by atoms with Crippen molar-refractivity contribution in [2.75, 3.05) is 7.11 Å². The third kappa shape index (κ3) is 2.47. The summed E-state index contributed by atoms with van der Waals surface area (Å²) in [5.74, 6) is -2.15. The Bertz CT molecular complexity index is 389. The lowest BCUT2D eigenvalue weighted by Gasteiger charge is -2.11. The van der Waals surface area contributed by atoms with Crippen LogP contribution in [0.25, 0.3) is 0 Å². The lowest BCUT2D eigenvalue weighted by Crippen LogP contribution is -2.13. The average molecular weight is 229 g/mol. The van der Waals surface area contributed by atoms with Crippen molar-refractivity contribution in [1.82, 2.24) is 0 Å². The van der Waals surface area contributed by atoms with Crippen LogP contribution in [0.2, 0.25) is 5.02 Å². The molecule has 1 rings (SSSR count). The highest BCUT2D eigenvalue weighted by Crippen LogP contribution is 2.28. The van der Waals surface area contributed by atoms with E-state index in [4.69, 9.17) is 21.4 Å². The van der Waals surface area contributed by atoms with E-state index in [-0.39, 0.29) is 5.56 Å². The second-order valence-electron chi connectivity index (χ2n) is 2.84. The van der Waals surface area contributed by atoms with Gasteiger partial charge in [-0.25, -0.2) is 0 Å². The van der Waals surface area contributed by atoms with E-state index in [1.165, 1.54) is 19.2 Å². The number of benzene rings is 1. The Morgan fingerprint density at radius 3 is 2.73 bits per heavy atom. The molecule has 0 saturated carbocycles. The fourth-order valence-electron chi connectivity index (χ4n) is 1.21. The van der Waals surface area contributed by atoms with Gasteiger partial charge in [0.1, 0.15) is 18.0 Å². The second-order valence-corrected chi connectivity index (χ2v) is 3.27. The van der Waals surface area contributed by atoms with Crippen LogP contribution in [0.5, 0.6) is 5.75 Å². The summed E-state index contributed by atoms with van der Waals surface area (Å²) in [6.07, 6.45) is 0.344. The van der Waals surface area contributed by atoms with Crippen molar-refractivity contribution in [3.8, 4) is 5.75 Å². The van der Waals surface area contributed by atoms with Gasteiger partial charge in [-0.1, -0.05) is 11.6 Å². The highest BCUT2D eigenvalue weighted by Gasteiger charge is 2.22. The van der Waals surface area contributed by atoms with Gasteiger partial charge in [-0.05, 0) is 18.2 Å². The van der Waals surface area contributed by atoms with Gasteiger partial charge in [-0.15, -0.1) is 0 Å². The van der Waals surface area contributed by atoms with E-state index in [1.54, 1.807) is 6.07 Å². The zero-order chi connectivity index (χ0) is 11.4. The lowest BCUT2D eigenvalue weighted by atomic mass is 10.00. The molecule has 0 aromatic heterocycles. The van der Waals surface area contributed by atoms with E-state index in [0.29, 0.717) is 17.1 Å². The van der Waals surface area contributed by atoms with Crippen molar-refractivity contribution in [3.63, 3.8) is 0 Å². The fraction of sp³-hybridized carbons (Fsp3) is 0.200. The summed E-state index contributed by atoms with van der Waals surface area (Å²) in [6.45, 7) is 0. The molecule has 0 amide bonds. The molecule has 0 fully saturated rings. The molecular formula is C10H9ClO4. The topological polar surface area (TPSA) is 63.6 Å². The molecule has 0 spiro atoms. The van der Waals surface area contributed by atoms with Gasteiger partial charge in [0.05, 0.1) is 7.11 Å². The molecule has 0 heterocycles. The summed E-state index contributed by atoms with van der Waals surface area (Å²) in [5.41, 5.74) is 0.257. The quantitative estimate of drug-likeness (QED) is 0.630. The zero-order valence-corrected chi connectivity index (χ0v) is 8.69. The molecule has 4 nitrogen and oxygen atoms in total. The van der Waals surface area contributed by atoms with Crippen LogP contribution in [0.15, 0.2) is 18.2 Å². The Morgan fingerprint density at radius 1 is 1.60 bits per heavy atom. The molecule has 1 atom stereocenters. The summed E-state index contributed by atoms with van der Waals surface area (Å²) in [6, 6.07) is 4.50. The van der Waals surface area contributed by atoms with Crippen molar-refractivity contribution >= 4 is 23.9 Å². The molecule has 80 valence electrons. The number of methoxy groups -OCH3 is 1. The number of carbonyl (C=O) groups is 2. The van der Waals surface area contributed by atoms with Gasteiger partial charge >= 0.3 is 5.97 Å². The molecule has 15 heavy (non-hydrogen) atoms. The van der Waals surface area contributed by atoms with E-state index >= 15 is 0 Å². The molecule has 1 aromatic rings. The molecule has 0 bridgehead atoms. The highest BCUT2D eigenvalue weighted by atomic mass is 35.5. The summed E-state index contributed by atoms with van der Waals surface area (Å²) < 4.78 is 4.95. The first kappa shape index (κ1) is 11.5. The van der Waals surface area contributed by atoms with Crippen molar-refractivity contribution in [3.05, 3.63) is 28.8 Å². The maximum atomic E-state index is 10.8. The number of carboxylic acids is 1. The van der Waals surface area contributed by atoms with Crippen molar-refractivity contribution in [2.24, 2.45) is 0 Å². The largest absolute Gasteiger partial charge is 0.496 e. The Hall–Kier alpha value is -1.55. The summed E-state index contributed by atoms with van der Waals surface area (Å²) in [4.78, 5) is 21.4. The molecule has 0 aliphatic heterocycles. The van der Waals surface area contributed by atoms with Gasteiger partial charge in [0.25, 0.3) is 0 Å². The smallest absolute Gasteiger partial charge is 0.318 e. The first-order valence-corrected chi connectivity index (χ1v) is 4.49. The molecule has 0 saturated heterocycles. The predicted octanol–water partition coefficient (Wildman–Crippen LogP) is 1.72. The van der Waals surface area contributed by atoms with Crippen LogP contribution < -0.4 is 4.74 Å². The van der Waals surface area contributed by atoms with Crippen LogP contribution in [0, 0.1) is 0 Å². The third-order valence-electron chi connectivity index (χ3n) is 1.93. The van der Waals surface area contributed by atoms with Gasteiger partial charge in [-0.2, -0.15) is 0 Å². The highest BCUT2D eigenvalue weighted by molar-refractivity contribution is 6.30. The van der Waals surface area contributed by atoms with Gasteiger partial charge in [0.15, 0.2) is 0 Å². The summed E-state index contributed by atoms with van der Waals surface area (Å²) >= 11 is 5.72. The number of rotatable bonds is 4. The molecule has 1 unspecified atom stereocenters. The van der Waals surface area contributed by atoms with Crippen LogP contribution in [0.3, 0.4) is 0 Å². The number of carboxylic acid groups (broad SMARTS) is 1. The number of carbonyl (C=O) groups excluding carboxylic acids is 1. The number of hydrogen-bond acceptors (Lipinski definition) is 3. The zero-order valence-electron chi connectivity index (χ0n) is 7.94. The van der Waals surface area contributed by atoms with E-state index in [0.717, 1.165) is 0 Å². The molecule has 0 radical (unpaired) electrons. The maximum Gasteiger partial charge on any atom is 0.318 e. The predicted molar refractivity (Wildman–Crippen MR) is 54.4 cm³/mol. The van der Waals surface area contributed by atoms with Crippen LogP contribution >= 0.6 is 11.6 Å². The minimum Gasteiger partial charge on any atom is -0.496 e. The fourth-order valence-corrected chi connectivity index (χ4v) is 1.39. The van der Waals surface area contributed by atoms with Crippen LogP contribution in [-0.4, -0.2) is 24.5 Å². The van der Waals surface area contributed by atoms with E-state index < -0.39 is 11.9 Å². The number of aliphatic carboxylic acids is 1. The minimum absolute atomic E-state index is 0.257. The Balaban J connectivity index is 3.25. The Morgan fingerprint density at radius 2 is 2.27 bits per heavy atom. The number of ether oxygens (including phenoxy) is 1. The Labute approximate surface area is 91.4 Å². The molecule has 1 N–H and O–H groups in total. The van der Waals surface area contributed by atoms with Gasteiger partial charge in [0.2, 0.25) is 0 Å². The maximum absolute atomic E-state index is 10.8. The van der Waals surface area contributed by atoms with Gasteiger partial charge < -0.3 is 14.6 Å². The number of hydrogen-bond donors (Lipinski definition) is 1. The Kier molecular flexibility index (Phi) is 3.68. The first-order valence-electron chi connectivity index (χ1n) is 4.11. The van der Waals surface area contributed by atoms with E-state index in [2.05, 4.69) is 0 Å². The number of aldehydes is 1. The normalized spacial score (nSPS) is 11.9. The molecular weight excluding hydrogens is 220 g/mol. The van der Waals surface area contributed by atoms with Crippen LogP contribution in [-0.2, 0) is 9.59 Å². The molecule has 1 aromatic carbocycles. The van der Waals surface area contributed by atoms with Gasteiger partial charge in [0, 0.05) is 10.6 Å². The van der Waals surface area contributed by atoms with Gasteiger partial charge in [-0.3, -0.25) is 4.79 Å². The minimum atomic E-state index is -1.25. The lowest BCUT2D eigenvalue weighted by molar-refractivity contribution is -0.140. The number of halogens is 1. The van der Waals surface area contributed by atoms with Crippen molar-refractivity contribution in [2.45, 2.75) is 5.92 Å². The van der Waals surface area contributed by atoms with Crippen molar-refractivity contribution < 1.29 is 19.4 Å². The van der Waals surface area contributed by atoms with Crippen LogP contribution in [0.4, 0.5) is 0 Å². The summed E-state index contributed by atoms with van der Waals surface area (Å²) in [5, 5.41) is 9.17.